The van der Waals surface area contributed by atoms with Crippen molar-refractivity contribution in [3.63, 3.8) is 0 Å². The van der Waals surface area contributed by atoms with E-state index in [0.717, 1.165) is 0 Å². The standard InChI is InChI=1S/C21H22FOP/c1-24(19-8-4-2-5-9-19,20-10-6-3-7-11-20)21-14-12-18(13-15-21)23-17-16-22/h2-15,24H,16-17H2,1H3. The van der Waals surface area contributed by atoms with Gasteiger partial charge in [0.05, 0.1) is 0 Å². The van der Waals surface area contributed by atoms with Gasteiger partial charge in [-0.1, -0.05) is 0 Å². The Labute approximate surface area is 143 Å². The van der Waals surface area contributed by atoms with Crippen molar-refractivity contribution >= 4 is 23.2 Å². The molecule has 0 aliphatic carbocycles. The van der Waals surface area contributed by atoms with Crippen LogP contribution in [-0.2, 0) is 0 Å². The monoisotopic (exact) mass is 340 g/mol. The summed E-state index contributed by atoms with van der Waals surface area (Å²) in [4.78, 5) is 0. The molecule has 1 nitrogen and oxygen atoms in total. The summed E-state index contributed by atoms with van der Waals surface area (Å²) in [7, 11) is -2.06. The first-order valence-corrected chi connectivity index (χ1v) is 10.7. The number of alkyl halides is 1. The number of benzene rings is 3. The van der Waals surface area contributed by atoms with E-state index in [9.17, 15) is 4.39 Å². The molecule has 0 aliphatic rings. The first-order valence-electron chi connectivity index (χ1n) is 8.15. The zero-order valence-corrected chi connectivity index (χ0v) is 14.8. The third-order valence-electron chi connectivity index (χ3n) is 4.48. The van der Waals surface area contributed by atoms with Crippen LogP contribution < -0.4 is 20.7 Å². The summed E-state index contributed by atoms with van der Waals surface area (Å²) in [6, 6.07) is 29.5. The van der Waals surface area contributed by atoms with Crippen LogP contribution in [0.2, 0.25) is 0 Å². The average molecular weight is 340 g/mol. The van der Waals surface area contributed by atoms with Gasteiger partial charge in [-0.2, -0.15) is 0 Å². The number of halogens is 1. The fraction of sp³-hybridized carbons (Fsp3) is 0.143. The van der Waals surface area contributed by atoms with Gasteiger partial charge in [0.25, 0.3) is 0 Å². The number of ether oxygens (including phenoxy) is 1. The van der Waals surface area contributed by atoms with E-state index >= 15 is 0 Å². The third kappa shape index (κ3) is 3.34. The number of hydrogen-bond donors (Lipinski definition) is 0. The molecule has 3 rings (SSSR count). The summed E-state index contributed by atoms with van der Waals surface area (Å²) in [5.74, 6) is 0.717. The Morgan fingerprint density at radius 3 is 1.62 bits per heavy atom. The summed E-state index contributed by atoms with van der Waals surface area (Å²) < 4.78 is 17.6. The minimum absolute atomic E-state index is 0.103. The molecule has 3 aromatic rings. The predicted octanol–water partition coefficient (Wildman–Crippen LogP) is 3.69. The van der Waals surface area contributed by atoms with Gasteiger partial charge in [-0.15, -0.1) is 0 Å². The fourth-order valence-corrected chi connectivity index (χ4v) is 6.64. The van der Waals surface area contributed by atoms with E-state index in [1.54, 1.807) is 0 Å². The first-order chi connectivity index (χ1) is 11.7. The summed E-state index contributed by atoms with van der Waals surface area (Å²) in [5, 5.41) is 4.05. The maximum absolute atomic E-state index is 12.3. The van der Waals surface area contributed by atoms with E-state index in [1.807, 2.05) is 12.1 Å². The van der Waals surface area contributed by atoms with Crippen LogP contribution in [0, 0.1) is 0 Å². The Hall–Kier alpha value is -2.18. The molecule has 0 spiro atoms. The molecule has 3 aromatic carbocycles. The van der Waals surface area contributed by atoms with Crippen molar-refractivity contribution in [1.82, 2.24) is 0 Å². The molecule has 0 saturated carbocycles. The normalized spacial score (nSPS) is 11.9. The van der Waals surface area contributed by atoms with Crippen LogP contribution in [0.3, 0.4) is 0 Å². The molecule has 0 saturated heterocycles. The maximum atomic E-state index is 12.3. The molecule has 0 unspecified atom stereocenters. The Bertz CT molecular complexity index is 717. The van der Waals surface area contributed by atoms with Gasteiger partial charge < -0.3 is 0 Å². The van der Waals surface area contributed by atoms with Crippen LogP contribution in [0.5, 0.6) is 5.75 Å². The van der Waals surface area contributed by atoms with Crippen molar-refractivity contribution in [2.24, 2.45) is 0 Å². The molecule has 0 bridgehead atoms. The van der Waals surface area contributed by atoms with Gasteiger partial charge in [-0.3, -0.25) is 0 Å². The van der Waals surface area contributed by atoms with Crippen LogP contribution in [-0.4, -0.2) is 19.9 Å². The molecule has 0 aromatic heterocycles. The second-order valence-electron chi connectivity index (χ2n) is 5.92. The minimum atomic E-state index is -2.06. The molecule has 0 N–H and O–H groups in total. The molecule has 0 heterocycles. The second-order valence-corrected chi connectivity index (χ2v) is 9.90. The van der Waals surface area contributed by atoms with Gasteiger partial charge in [0.15, 0.2) is 0 Å². The van der Waals surface area contributed by atoms with E-state index in [0.29, 0.717) is 5.75 Å². The van der Waals surface area contributed by atoms with Crippen molar-refractivity contribution in [2.75, 3.05) is 19.9 Å². The van der Waals surface area contributed by atoms with E-state index in [1.165, 1.54) is 15.9 Å². The fourth-order valence-electron chi connectivity index (χ4n) is 3.08. The van der Waals surface area contributed by atoms with E-state index < -0.39 is 13.9 Å². The molecule has 0 aliphatic heterocycles. The van der Waals surface area contributed by atoms with Crippen LogP contribution in [0.25, 0.3) is 0 Å². The van der Waals surface area contributed by atoms with E-state index in [-0.39, 0.29) is 6.61 Å². The van der Waals surface area contributed by atoms with Gasteiger partial charge in [-0.25, -0.2) is 0 Å². The third-order valence-corrected chi connectivity index (χ3v) is 8.94. The molecule has 0 radical (unpaired) electrons. The average Bonchev–Trinajstić information content (AvgIpc) is 2.67. The Morgan fingerprint density at radius 1 is 0.708 bits per heavy atom. The Kier molecular flexibility index (Phi) is 5.27. The van der Waals surface area contributed by atoms with Gasteiger partial charge in [-0.05, 0) is 0 Å². The Morgan fingerprint density at radius 2 is 1.17 bits per heavy atom. The molecule has 0 atom stereocenters. The summed E-state index contributed by atoms with van der Waals surface area (Å²) in [5.41, 5.74) is 0. The predicted molar refractivity (Wildman–Crippen MR) is 104 cm³/mol. The Balaban J connectivity index is 2.06. The number of rotatable bonds is 6. The SMILES string of the molecule is C[PH](c1ccccc1)(c1ccccc1)c1ccc(OCCF)cc1. The molecule has 0 fully saturated rings. The van der Waals surface area contributed by atoms with Gasteiger partial charge in [0, 0.05) is 0 Å². The van der Waals surface area contributed by atoms with Crippen molar-refractivity contribution in [3.8, 4) is 5.75 Å². The topological polar surface area (TPSA) is 9.23 Å². The summed E-state index contributed by atoms with van der Waals surface area (Å²) in [6.07, 6.45) is 0. The first kappa shape index (κ1) is 16.7. The molecule has 124 valence electrons. The van der Waals surface area contributed by atoms with Gasteiger partial charge >= 0.3 is 143 Å². The van der Waals surface area contributed by atoms with Crippen LogP contribution in [0.1, 0.15) is 0 Å². The van der Waals surface area contributed by atoms with Crippen molar-refractivity contribution in [2.45, 2.75) is 0 Å². The van der Waals surface area contributed by atoms with Crippen molar-refractivity contribution < 1.29 is 9.13 Å². The quantitative estimate of drug-likeness (QED) is 0.622. The van der Waals surface area contributed by atoms with E-state index in [2.05, 4.69) is 79.5 Å². The van der Waals surface area contributed by atoms with Crippen molar-refractivity contribution in [3.05, 3.63) is 84.9 Å². The van der Waals surface area contributed by atoms with Crippen LogP contribution in [0.4, 0.5) is 4.39 Å². The number of hydrogen-bond acceptors (Lipinski definition) is 1. The van der Waals surface area contributed by atoms with Gasteiger partial charge in [0.2, 0.25) is 0 Å². The van der Waals surface area contributed by atoms with Crippen LogP contribution in [0.15, 0.2) is 84.9 Å². The molecule has 0 amide bonds. The molecular weight excluding hydrogens is 318 g/mol. The van der Waals surface area contributed by atoms with Crippen LogP contribution >= 0.6 is 7.26 Å². The zero-order chi connectivity index (χ0) is 16.8. The molecular formula is C21H22FOP. The van der Waals surface area contributed by atoms with E-state index in [4.69, 9.17) is 4.74 Å². The summed E-state index contributed by atoms with van der Waals surface area (Å²) in [6.45, 7) is 2.00. The van der Waals surface area contributed by atoms with Crippen molar-refractivity contribution in [1.29, 1.82) is 0 Å². The second kappa shape index (κ2) is 7.59. The van der Waals surface area contributed by atoms with Gasteiger partial charge in [0.1, 0.15) is 0 Å². The molecule has 24 heavy (non-hydrogen) atoms. The molecule has 3 heteroatoms. The zero-order valence-electron chi connectivity index (χ0n) is 13.8. The summed E-state index contributed by atoms with van der Waals surface area (Å²) >= 11 is 0.